The smallest absolute Gasteiger partial charge is 0.421 e. The molecule has 1 aliphatic rings. The van der Waals surface area contributed by atoms with Crippen molar-refractivity contribution in [3.63, 3.8) is 0 Å². The van der Waals surface area contributed by atoms with Crippen molar-refractivity contribution in [2.45, 2.75) is 97.1 Å². The molecule has 14 heteroatoms. The number of thiocarbonyl (C=S) groups is 1. The van der Waals surface area contributed by atoms with Crippen LogP contribution in [0.4, 0.5) is 13.2 Å². The van der Waals surface area contributed by atoms with Gasteiger partial charge in [-0.05, 0) is 89.5 Å². The molecule has 9 nitrogen and oxygen atoms in total. The van der Waals surface area contributed by atoms with Crippen molar-refractivity contribution in [3.8, 4) is 0 Å². The molecule has 0 amide bonds. The Morgan fingerprint density at radius 3 is 1.93 bits per heavy atom. The second-order valence-electron chi connectivity index (χ2n) is 16.2. The highest BCUT2D eigenvalue weighted by molar-refractivity contribution is 8.23. The Morgan fingerprint density at radius 1 is 0.860 bits per heavy atom. The largest absolute Gasteiger partial charge is 0.481 e. The number of thioether (sulfide) groups is 1. The average Bonchev–Trinajstić information content (AvgIpc) is 3.56. The van der Waals surface area contributed by atoms with Crippen LogP contribution < -0.4 is 0 Å². The molecular formula is C43H49F3O9S2. The van der Waals surface area contributed by atoms with E-state index < -0.39 is 81.5 Å². The third-order valence-corrected chi connectivity index (χ3v) is 12.8. The molecule has 0 radical (unpaired) electrons. The number of aliphatic carboxylic acids is 1. The van der Waals surface area contributed by atoms with Gasteiger partial charge in [0.15, 0.2) is 5.60 Å². The van der Waals surface area contributed by atoms with Gasteiger partial charge in [-0.2, -0.15) is 13.2 Å². The van der Waals surface area contributed by atoms with Gasteiger partial charge in [-0.15, -0.1) is 11.8 Å². The van der Waals surface area contributed by atoms with Gasteiger partial charge in [0.05, 0.1) is 27.0 Å². The molecule has 2 N–H and O–H groups in total. The van der Waals surface area contributed by atoms with Crippen molar-refractivity contribution in [2.24, 2.45) is 16.2 Å². The highest BCUT2D eigenvalue weighted by atomic mass is 32.2. The number of alkyl halides is 3. The second-order valence-corrected chi connectivity index (χ2v) is 17.9. The van der Waals surface area contributed by atoms with Gasteiger partial charge in [0.1, 0.15) is 5.60 Å². The molecule has 57 heavy (non-hydrogen) atoms. The number of carboxylic acids is 1. The van der Waals surface area contributed by atoms with Crippen LogP contribution in [0.15, 0.2) is 84.9 Å². The van der Waals surface area contributed by atoms with Gasteiger partial charge in [-0.25, -0.2) is 4.79 Å². The van der Waals surface area contributed by atoms with Gasteiger partial charge in [0.25, 0.3) is 0 Å². The summed E-state index contributed by atoms with van der Waals surface area (Å²) < 4.78 is 58.8. The second kappa shape index (κ2) is 17.3. The number of carboxylic acid groups (broad SMARTS) is 1. The molecule has 1 heterocycles. The number of carbonyl (C=O) groups excluding carboxylic acids is 3. The zero-order valence-electron chi connectivity index (χ0n) is 33.0. The van der Waals surface area contributed by atoms with E-state index in [1.807, 2.05) is 30.3 Å². The topological polar surface area (TPSA) is 136 Å². The molecular weight excluding hydrogens is 782 g/mol. The summed E-state index contributed by atoms with van der Waals surface area (Å²) in [5.41, 5.74) is -8.48. The SMILES string of the molecule is CC(CC(CSC(=S)c1ccccc1)c1ccc(C(C)(O)C(F)(F)F)cc1)(CC(C)(C(=O)OC(C)(C)c1ccccc1)C(C)(C)C(=O)O)C(=O)OC1CCOC1=O. The molecule has 4 rings (SSSR count). The van der Waals surface area contributed by atoms with Gasteiger partial charge >= 0.3 is 30.1 Å². The fourth-order valence-corrected chi connectivity index (χ4v) is 8.09. The number of ether oxygens (including phenoxy) is 3. The third kappa shape index (κ3) is 10.1. The molecule has 3 aromatic carbocycles. The Hall–Kier alpha value is -4.27. The first-order valence-electron chi connectivity index (χ1n) is 18.4. The summed E-state index contributed by atoms with van der Waals surface area (Å²) in [5, 5.41) is 21.0. The Kier molecular flexibility index (Phi) is 13.8. The lowest BCUT2D eigenvalue weighted by Gasteiger charge is -2.46. The summed E-state index contributed by atoms with van der Waals surface area (Å²) in [6, 6.07) is 23.1. The molecule has 1 aliphatic heterocycles. The number of cyclic esters (lactones) is 1. The van der Waals surface area contributed by atoms with E-state index in [-0.39, 0.29) is 25.2 Å². The van der Waals surface area contributed by atoms with Crippen molar-refractivity contribution in [1.29, 1.82) is 0 Å². The van der Waals surface area contributed by atoms with Gasteiger partial charge in [0, 0.05) is 12.2 Å². The Bertz CT molecular complexity index is 1930. The Balaban J connectivity index is 1.84. The number of carbonyl (C=O) groups is 4. The minimum Gasteiger partial charge on any atom is -0.481 e. The zero-order valence-corrected chi connectivity index (χ0v) is 34.6. The number of benzene rings is 3. The summed E-state index contributed by atoms with van der Waals surface area (Å²) in [6.45, 7) is 9.65. The number of aliphatic hydroxyl groups is 1. The highest BCUT2D eigenvalue weighted by Crippen LogP contribution is 2.53. The molecule has 0 aromatic heterocycles. The van der Waals surface area contributed by atoms with E-state index in [1.54, 1.807) is 44.2 Å². The van der Waals surface area contributed by atoms with Crippen molar-refractivity contribution < 1.29 is 56.8 Å². The molecule has 1 fully saturated rings. The van der Waals surface area contributed by atoms with E-state index in [2.05, 4.69) is 0 Å². The maximum absolute atomic E-state index is 14.6. The van der Waals surface area contributed by atoms with Crippen molar-refractivity contribution in [1.82, 2.24) is 0 Å². The van der Waals surface area contributed by atoms with E-state index in [4.69, 9.17) is 26.4 Å². The van der Waals surface area contributed by atoms with E-state index in [0.717, 1.165) is 17.7 Å². The molecule has 0 spiro atoms. The minimum absolute atomic E-state index is 0.0163. The molecule has 0 saturated carbocycles. The van der Waals surface area contributed by atoms with Crippen LogP contribution in [-0.2, 0) is 44.6 Å². The van der Waals surface area contributed by atoms with Crippen molar-refractivity contribution >= 4 is 52.1 Å². The molecule has 1 saturated heterocycles. The summed E-state index contributed by atoms with van der Waals surface area (Å²) >= 11 is 6.99. The first kappa shape index (κ1) is 45.4. The quantitative estimate of drug-likeness (QED) is 0.0814. The summed E-state index contributed by atoms with van der Waals surface area (Å²) in [5.74, 6) is -4.42. The summed E-state index contributed by atoms with van der Waals surface area (Å²) in [6.07, 6.45) is -6.73. The summed E-state index contributed by atoms with van der Waals surface area (Å²) in [4.78, 5) is 54.7. The molecule has 0 aliphatic carbocycles. The average molecular weight is 831 g/mol. The number of rotatable bonds is 16. The zero-order chi connectivity index (χ0) is 42.6. The van der Waals surface area contributed by atoms with Gasteiger partial charge in [0.2, 0.25) is 6.10 Å². The highest BCUT2D eigenvalue weighted by Gasteiger charge is 2.59. The van der Waals surface area contributed by atoms with Crippen LogP contribution in [-0.4, -0.2) is 62.9 Å². The van der Waals surface area contributed by atoms with E-state index in [9.17, 15) is 42.6 Å². The third-order valence-electron chi connectivity index (χ3n) is 11.2. The van der Waals surface area contributed by atoms with E-state index in [0.29, 0.717) is 22.2 Å². The van der Waals surface area contributed by atoms with Gasteiger partial charge in [-0.3, -0.25) is 14.4 Å². The van der Waals surface area contributed by atoms with Crippen LogP contribution in [0, 0.1) is 16.2 Å². The van der Waals surface area contributed by atoms with Crippen LogP contribution in [0.2, 0.25) is 0 Å². The molecule has 5 unspecified atom stereocenters. The molecule has 3 aromatic rings. The van der Waals surface area contributed by atoms with Gasteiger partial charge in [-0.1, -0.05) is 97.1 Å². The molecule has 308 valence electrons. The van der Waals surface area contributed by atoms with Crippen LogP contribution in [0.3, 0.4) is 0 Å². The molecule has 5 atom stereocenters. The molecule has 0 bridgehead atoms. The maximum atomic E-state index is 14.6. The number of hydrogen-bond acceptors (Lipinski definition) is 10. The summed E-state index contributed by atoms with van der Waals surface area (Å²) in [7, 11) is 0. The predicted octanol–water partition coefficient (Wildman–Crippen LogP) is 8.89. The monoisotopic (exact) mass is 830 g/mol. The predicted molar refractivity (Wildman–Crippen MR) is 213 cm³/mol. The Morgan fingerprint density at radius 2 is 1.42 bits per heavy atom. The van der Waals surface area contributed by atoms with Crippen LogP contribution >= 0.6 is 24.0 Å². The van der Waals surface area contributed by atoms with Crippen LogP contribution in [0.1, 0.15) is 95.9 Å². The Labute approximate surface area is 340 Å². The normalized spacial score (nSPS) is 18.6. The number of halogens is 3. The van der Waals surface area contributed by atoms with Crippen molar-refractivity contribution in [3.05, 3.63) is 107 Å². The fourth-order valence-electron chi connectivity index (χ4n) is 6.79. The lowest BCUT2D eigenvalue weighted by Crippen LogP contribution is -2.53. The van der Waals surface area contributed by atoms with E-state index >= 15 is 0 Å². The van der Waals surface area contributed by atoms with Crippen LogP contribution in [0.25, 0.3) is 0 Å². The van der Waals surface area contributed by atoms with E-state index in [1.165, 1.54) is 51.6 Å². The first-order valence-corrected chi connectivity index (χ1v) is 19.8. The minimum atomic E-state index is -4.97. The fraction of sp³-hybridized carbons (Fsp3) is 0.465. The number of esters is 3. The van der Waals surface area contributed by atoms with Crippen LogP contribution in [0.5, 0.6) is 0 Å². The maximum Gasteiger partial charge on any atom is 0.421 e. The van der Waals surface area contributed by atoms with Gasteiger partial charge < -0.3 is 24.4 Å². The standard InChI is InChI=1S/C43H49F3O9S2/c1-38(2,35(48)49)41(6,37(51)55-39(3,4)30-16-12-9-13-17-30)26-40(5,36(50)54-32-22-23-53-33(32)47)24-29(25-57-34(56)28-14-10-8-11-15-28)27-18-20-31(21-19-27)42(7,52)43(44,45)46/h8-21,29,32,52H,22-26H2,1-7H3,(H,48,49). The first-order chi connectivity index (χ1) is 26.4. The lowest BCUT2D eigenvalue weighted by atomic mass is 9.58. The lowest BCUT2D eigenvalue weighted by molar-refractivity contribution is -0.258. The number of hydrogen-bond donors (Lipinski definition) is 2. The van der Waals surface area contributed by atoms with Crippen molar-refractivity contribution in [2.75, 3.05) is 12.4 Å².